The molecule has 0 amide bonds. The molecule has 1 heterocycles. The molecule has 2 N–H and O–H groups in total. The first-order chi connectivity index (χ1) is 7.24. The van der Waals surface area contributed by atoms with Gasteiger partial charge in [0.2, 0.25) is 0 Å². The van der Waals surface area contributed by atoms with Gasteiger partial charge in [0, 0.05) is 18.8 Å². The van der Waals surface area contributed by atoms with Crippen LogP contribution >= 0.6 is 0 Å². The molecule has 0 aromatic heterocycles. The molecule has 0 saturated heterocycles. The number of rotatable bonds is 2. The van der Waals surface area contributed by atoms with E-state index in [2.05, 4.69) is 11.8 Å². The summed E-state index contributed by atoms with van der Waals surface area (Å²) >= 11 is 0. The van der Waals surface area contributed by atoms with E-state index < -0.39 is 0 Å². The van der Waals surface area contributed by atoms with Crippen LogP contribution in [0.15, 0.2) is 18.2 Å². The lowest BCUT2D eigenvalue weighted by atomic mass is 9.92. The van der Waals surface area contributed by atoms with Gasteiger partial charge in [0.05, 0.1) is 0 Å². The second-order valence-electron chi connectivity index (χ2n) is 4.12. The lowest BCUT2D eigenvalue weighted by molar-refractivity contribution is 0.500. The van der Waals surface area contributed by atoms with Crippen LogP contribution in [-0.2, 0) is 6.42 Å². The van der Waals surface area contributed by atoms with Gasteiger partial charge in [-0.05, 0) is 49.6 Å². The Morgan fingerprint density at radius 2 is 2.33 bits per heavy atom. The molecule has 15 heavy (non-hydrogen) atoms. The van der Waals surface area contributed by atoms with Crippen molar-refractivity contribution >= 4 is 5.69 Å². The van der Waals surface area contributed by atoms with Crippen LogP contribution in [0.4, 0.5) is 10.1 Å². The maximum atomic E-state index is 13.1. The van der Waals surface area contributed by atoms with Crippen molar-refractivity contribution in [1.29, 1.82) is 0 Å². The molecule has 2 nitrogen and oxygen atoms in total. The fourth-order valence-corrected chi connectivity index (χ4v) is 2.27. The molecule has 1 aliphatic rings. The van der Waals surface area contributed by atoms with Gasteiger partial charge < -0.3 is 10.6 Å². The summed E-state index contributed by atoms with van der Waals surface area (Å²) in [5, 5.41) is 0. The van der Waals surface area contributed by atoms with Gasteiger partial charge >= 0.3 is 0 Å². The van der Waals surface area contributed by atoms with Gasteiger partial charge in [-0.15, -0.1) is 0 Å². The van der Waals surface area contributed by atoms with Gasteiger partial charge in [-0.3, -0.25) is 0 Å². The number of anilines is 1. The van der Waals surface area contributed by atoms with Gasteiger partial charge in [-0.1, -0.05) is 0 Å². The van der Waals surface area contributed by atoms with Gasteiger partial charge in [0.1, 0.15) is 5.82 Å². The minimum Gasteiger partial charge on any atom is -0.371 e. The first-order valence-corrected chi connectivity index (χ1v) is 5.48. The zero-order valence-electron chi connectivity index (χ0n) is 9.04. The van der Waals surface area contributed by atoms with Crippen LogP contribution in [0.1, 0.15) is 12.5 Å². The molecule has 0 spiro atoms. The monoisotopic (exact) mass is 208 g/mol. The molecule has 1 aliphatic heterocycles. The number of fused-ring (bicyclic) bond motifs is 1. The number of nitrogens with zero attached hydrogens (tertiary/aromatic N) is 1. The molecule has 82 valence electrons. The van der Waals surface area contributed by atoms with Crippen LogP contribution in [0.25, 0.3) is 0 Å². The zero-order chi connectivity index (χ0) is 10.8. The van der Waals surface area contributed by atoms with Gasteiger partial charge in [-0.25, -0.2) is 4.39 Å². The number of benzene rings is 1. The summed E-state index contributed by atoms with van der Waals surface area (Å²) < 4.78 is 13.1. The summed E-state index contributed by atoms with van der Waals surface area (Å²) in [6, 6.07) is 5.05. The van der Waals surface area contributed by atoms with Crippen molar-refractivity contribution in [2.45, 2.75) is 13.3 Å². The highest BCUT2D eigenvalue weighted by atomic mass is 19.1. The van der Waals surface area contributed by atoms with Crippen LogP contribution in [-0.4, -0.2) is 19.6 Å². The molecule has 1 aromatic rings. The Bertz CT molecular complexity index is 351. The topological polar surface area (TPSA) is 29.3 Å². The van der Waals surface area contributed by atoms with Crippen LogP contribution in [0, 0.1) is 11.7 Å². The summed E-state index contributed by atoms with van der Waals surface area (Å²) in [4.78, 5) is 2.27. The second kappa shape index (κ2) is 4.19. The van der Waals surface area contributed by atoms with E-state index in [-0.39, 0.29) is 5.82 Å². The largest absolute Gasteiger partial charge is 0.371 e. The Morgan fingerprint density at radius 1 is 1.53 bits per heavy atom. The van der Waals surface area contributed by atoms with E-state index in [0.29, 0.717) is 12.5 Å². The quantitative estimate of drug-likeness (QED) is 0.802. The van der Waals surface area contributed by atoms with Crippen LogP contribution in [0.3, 0.4) is 0 Å². The van der Waals surface area contributed by atoms with E-state index in [4.69, 9.17) is 5.73 Å². The van der Waals surface area contributed by atoms with E-state index in [0.717, 1.165) is 25.1 Å². The lowest BCUT2D eigenvalue weighted by Crippen LogP contribution is -2.38. The fraction of sp³-hybridized carbons (Fsp3) is 0.500. The van der Waals surface area contributed by atoms with Crippen molar-refractivity contribution in [2.24, 2.45) is 11.7 Å². The Balaban J connectivity index is 2.35. The van der Waals surface area contributed by atoms with Crippen molar-refractivity contribution in [3.05, 3.63) is 29.6 Å². The smallest absolute Gasteiger partial charge is 0.123 e. The highest BCUT2D eigenvalue weighted by Gasteiger charge is 2.22. The SMILES string of the molecule is CCN1CC(CN)Cc2cc(F)ccc21. The summed E-state index contributed by atoms with van der Waals surface area (Å²) in [6.45, 7) is 4.74. The van der Waals surface area contributed by atoms with E-state index in [9.17, 15) is 4.39 Å². The predicted octanol–water partition coefficient (Wildman–Crippen LogP) is 1.78. The summed E-state index contributed by atoms with van der Waals surface area (Å²) in [5.41, 5.74) is 7.96. The molecule has 1 unspecified atom stereocenters. The molecule has 2 rings (SSSR count). The van der Waals surface area contributed by atoms with Gasteiger partial charge in [-0.2, -0.15) is 0 Å². The third kappa shape index (κ3) is 1.97. The molecule has 0 aliphatic carbocycles. The molecule has 1 aromatic carbocycles. The minimum atomic E-state index is -0.150. The zero-order valence-corrected chi connectivity index (χ0v) is 9.04. The highest BCUT2D eigenvalue weighted by Crippen LogP contribution is 2.29. The molecule has 0 radical (unpaired) electrons. The Kier molecular flexibility index (Phi) is 2.91. The number of halogens is 1. The number of hydrogen-bond acceptors (Lipinski definition) is 2. The minimum absolute atomic E-state index is 0.150. The normalized spacial score (nSPS) is 20.2. The number of hydrogen-bond donors (Lipinski definition) is 1. The second-order valence-corrected chi connectivity index (χ2v) is 4.12. The van der Waals surface area contributed by atoms with Crippen LogP contribution in [0.5, 0.6) is 0 Å². The summed E-state index contributed by atoms with van der Waals surface area (Å²) in [6.07, 6.45) is 0.903. The number of nitrogens with two attached hydrogens (primary N) is 1. The maximum absolute atomic E-state index is 13.1. The molecule has 3 heteroatoms. The van der Waals surface area contributed by atoms with Crippen molar-refractivity contribution < 1.29 is 4.39 Å². The average Bonchev–Trinajstić information content (AvgIpc) is 2.26. The molecule has 0 fully saturated rings. The molecular formula is C12H17FN2. The Labute approximate surface area is 89.9 Å². The molecule has 0 saturated carbocycles. The van der Waals surface area contributed by atoms with Crippen LogP contribution in [0.2, 0.25) is 0 Å². The van der Waals surface area contributed by atoms with Crippen molar-refractivity contribution in [3.63, 3.8) is 0 Å². The maximum Gasteiger partial charge on any atom is 0.123 e. The van der Waals surface area contributed by atoms with E-state index in [1.54, 1.807) is 6.07 Å². The third-order valence-electron chi connectivity index (χ3n) is 3.08. The van der Waals surface area contributed by atoms with Gasteiger partial charge in [0.15, 0.2) is 0 Å². The Morgan fingerprint density at radius 3 is 3.00 bits per heavy atom. The summed E-state index contributed by atoms with van der Waals surface area (Å²) in [5.74, 6) is 0.307. The molecule has 1 atom stereocenters. The van der Waals surface area contributed by atoms with Crippen molar-refractivity contribution in [3.8, 4) is 0 Å². The van der Waals surface area contributed by atoms with E-state index >= 15 is 0 Å². The summed E-state index contributed by atoms with van der Waals surface area (Å²) in [7, 11) is 0. The molecule has 0 bridgehead atoms. The third-order valence-corrected chi connectivity index (χ3v) is 3.08. The first kappa shape index (κ1) is 10.4. The van der Waals surface area contributed by atoms with Gasteiger partial charge in [0.25, 0.3) is 0 Å². The first-order valence-electron chi connectivity index (χ1n) is 5.48. The van der Waals surface area contributed by atoms with E-state index in [1.807, 2.05) is 6.07 Å². The standard InChI is InChI=1S/C12H17FN2/c1-2-15-8-9(7-14)5-10-6-11(13)3-4-12(10)15/h3-4,6,9H,2,5,7-8,14H2,1H3. The predicted molar refractivity (Wildman–Crippen MR) is 60.5 cm³/mol. The molecular weight excluding hydrogens is 191 g/mol. The van der Waals surface area contributed by atoms with Crippen molar-refractivity contribution in [1.82, 2.24) is 0 Å². The lowest BCUT2D eigenvalue weighted by Gasteiger charge is -2.35. The fourth-order valence-electron chi connectivity index (χ4n) is 2.27. The van der Waals surface area contributed by atoms with Crippen molar-refractivity contribution in [2.75, 3.05) is 24.5 Å². The van der Waals surface area contributed by atoms with E-state index in [1.165, 1.54) is 11.8 Å². The average molecular weight is 208 g/mol. The van der Waals surface area contributed by atoms with Crippen LogP contribution < -0.4 is 10.6 Å². The highest BCUT2D eigenvalue weighted by molar-refractivity contribution is 5.55. The Hall–Kier alpha value is -1.09.